The topological polar surface area (TPSA) is 115 Å². The molecule has 1 aliphatic heterocycles. The van der Waals surface area contributed by atoms with Crippen LogP contribution in [0.15, 0.2) is 78.0 Å². The molecule has 0 spiro atoms. The summed E-state index contributed by atoms with van der Waals surface area (Å²) in [4.78, 5) is 23.4. The summed E-state index contributed by atoms with van der Waals surface area (Å²) >= 11 is 0. The number of carbonyl (C=O) groups is 1. The van der Waals surface area contributed by atoms with Crippen LogP contribution in [0, 0.1) is 0 Å². The zero-order valence-electron chi connectivity index (χ0n) is 16.9. The summed E-state index contributed by atoms with van der Waals surface area (Å²) in [6.07, 6.45) is 4.37. The van der Waals surface area contributed by atoms with Gasteiger partial charge in [0.25, 0.3) is 5.91 Å². The first-order valence-corrected chi connectivity index (χ1v) is 11.2. The van der Waals surface area contributed by atoms with Crippen LogP contribution in [-0.4, -0.2) is 43.5 Å². The van der Waals surface area contributed by atoms with Crippen LogP contribution in [-0.2, 0) is 20.5 Å². The van der Waals surface area contributed by atoms with Crippen LogP contribution >= 0.6 is 0 Å². The molecule has 8 nitrogen and oxygen atoms in total. The van der Waals surface area contributed by atoms with Crippen LogP contribution < -0.4 is 9.92 Å². The fourth-order valence-corrected chi connectivity index (χ4v) is 4.04. The lowest BCUT2D eigenvalue weighted by molar-refractivity contribution is -0.129. The van der Waals surface area contributed by atoms with Crippen molar-refractivity contribution in [2.45, 2.75) is 5.54 Å². The number of hydrogen-bond donors (Lipinski definition) is 1. The van der Waals surface area contributed by atoms with Crippen molar-refractivity contribution in [1.29, 1.82) is 0 Å². The number of aliphatic imine (C=N–C) groups is 1. The first-order chi connectivity index (χ1) is 14.7. The average molecular weight is 436 g/mol. The lowest BCUT2D eigenvalue weighted by atomic mass is 9.81. The number of amides is 1. The molecule has 3 aromatic rings. The Kier molecular flexibility index (Phi) is 4.98. The minimum atomic E-state index is -3.74. The molecule has 2 heterocycles. The summed E-state index contributed by atoms with van der Waals surface area (Å²) < 4.78 is 28.2. The summed E-state index contributed by atoms with van der Waals surface area (Å²) in [5.41, 5.74) is 7.30. The van der Waals surface area contributed by atoms with Crippen molar-refractivity contribution < 1.29 is 17.4 Å². The second-order valence-electron chi connectivity index (χ2n) is 7.18. The van der Waals surface area contributed by atoms with Gasteiger partial charge in [0.2, 0.25) is 0 Å². The molecule has 4 rings (SSSR count). The van der Waals surface area contributed by atoms with Crippen LogP contribution in [0.4, 0.5) is 0 Å². The summed E-state index contributed by atoms with van der Waals surface area (Å²) in [6.45, 7) is 0. The number of rotatable bonds is 5. The number of nitrogens with two attached hydrogens (primary N) is 1. The Bertz CT molecular complexity index is 1290. The van der Waals surface area contributed by atoms with Crippen LogP contribution in [0.2, 0.25) is 0 Å². The number of aromatic nitrogens is 1. The molecule has 0 bridgehead atoms. The number of carbonyl (C=O) groups excluding carboxylic acids is 1. The Morgan fingerprint density at radius 1 is 1.00 bits per heavy atom. The molecule has 0 saturated carbocycles. The Balaban J connectivity index is 1.92. The van der Waals surface area contributed by atoms with Crippen molar-refractivity contribution in [3.05, 3.63) is 84.2 Å². The highest BCUT2D eigenvalue weighted by molar-refractivity contribution is 7.86. The highest BCUT2D eigenvalue weighted by Gasteiger charge is 2.49. The highest BCUT2D eigenvalue weighted by atomic mass is 32.2. The summed E-state index contributed by atoms with van der Waals surface area (Å²) in [5.74, 6) is -0.213. The van der Waals surface area contributed by atoms with Crippen molar-refractivity contribution >= 4 is 22.0 Å². The van der Waals surface area contributed by atoms with E-state index in [2.05, 4.69) is 9.98 Å². The van der Waals surface area contributed by atoms with Gasteiger partial charge in [-0.2, -0.15) is 8.42 Å². The van der Waals surface area contributed by atoms with E-state index < -0.39 is 15.7 Å². The van der Waals surface area contributed by atoms with Gasteiger partial charge in [-0.1, -0.05) is 36.4 Å². The van der Waals surface area contributed by atoms with Gasteiger partial charge >= 0.3 is 10.1 Å². The molecule has 2 aromatic carbocycles. The molecule has 9 heteroatoms. The van der Waals surface area contributed by atoms with E-state index in [1.54, 1.807) is 37.6 Å². The number of pyridine rings is 1. The molecular formula is C22H20N4O4S. The van der Waals surface area contributed by atoms with Gasteiger partial charge < -0.3 is 9.92 Å². The molecule has 1 atom stereocenters. The van der Waals surface area contributed by atoms with Gasteiger partial charge in [0.15, 0.2) is 11.5 Å². The molecule has 2 N–H and O–H groups in total. The number of likely N-dealkylation sites (N-methyl/N-ethyl adjacent to an activating group) is 1. The quantitative estimate of drug-likeness (QED) is 0.613. The molecule has 1 unspecified atom stereocenters. The Morgan fingerprint density at radius 3 is 2.29 bits per heavy atom. The molecule has 1 amide bonds. The maximum Gasteiger partial charge on any atom is 0.306 e. The smallest absolute Gasteiger partial charge is 0.306 e. The molecular weight excluding hydrogens is 416 g/mol. The third-order valence-corrected chi connectivity index (χ3v) is 5.51. The van der Waals surface area contributed by atoms with Crippen molar-refractivity contribution in [2.75, 3.05) is 13.3 Å². The molecule has 1 aromatic heterocycles. The number of nitrogens with zero attached hydrogens (tertiary/aromatic N) is 3. The molecule has 1 aliphatic rings. The van der Waals surface area contributed by atoms with Crippen LogP contribution in [0.1, 0.15) is 11.1 Å². The van der Waals surface area contributed by atoms with E-state index in [1.165, 1.54) is 17.0 Å². The molecule has 0 saturated heterocycles. The van der Waals surface area contributed by atoms with E-state index in [4.69, 9.17) is 9.92 Å². The minimum Gasteiger partial charge on any atom is -0.383 e. The van der Waals surface area contributed by atoms with Gasteiger partial charge in [0.05, 0.1) is 6.26 Å². The second kappa shape index (κ2) is 7.51. The van der Waals surface area contributed by atoms with Gasteiger partial charge in [-0.05, 0) is 46.5 Å². The third-order valence-electron chi connectivity index (χ3n) is 5.01. The van der Waals surface area contributed by atoms with Crippen LogP contribution in [0.25, 0.3) is 11.1 Å². The van der Waals surface area contributed by atoms with Gasteiger partial charge in [0.1, 0.15) is 5.75 Å². The van der Waals surface area contributed by atoms with Gasteiger partial charge in [-0.25, -0.2) is 4.99 Å². The number of benzene rings is 2. The lowest BCUT2D eigenvalue weighted by Gasteiger charge is -2.27. The van der Waals surface area contributed by atoms with Crippen molar-refractivity contribution in [3.8, 4) is 16.9 Å². The largest absolute Gasteiger partial charge is 0.383 e. The first kappa shape index (κ1) is 20.5. The second-order valence-corrected chi connectivity index (χ2v) is 8.76. The summed E-state index contributed by atoms with van der Waals surface area (Å²) in [7, 11) is -2.20. The molecule has 0 radical (unpaired) electrons. The summed E-state index contributed by atoms with van der Waals surface area (Å²) in [6, 6.07) is 17.4. The van der Waals surface area contributed by atoms with Crippen molar-refractivity contribution in [3.63, 3.8) is 0 Å². The maximum atomic E-state index is 13.4. The molecule has 31 heavy (non-hydrogen) atoms. The predicted octanol–water partition coefficient (Wildman–Crippen LogP) is 2.12. The SMILES string of the molecule is CN1C(=O)C(c2cccc(OS(C)(=O)=O)c2)(c2cccc(-c3cccnc3)c2)N=C1N. The minimum absolute atomic E-state index is 0.0613. The molecule has 0 fully saturated rings. The summed E-state index contributed by atoms with van der Waals surface area (Å²) in [5, 5.41) is 0. The zero-order valence-corrected chi connectivity index (χ0v) is 17.7. The highest BCUT2D eigenvalue weighted by Crippen LogP contribution is 2.41. The number of guanidine groups is 1. The fraction of sp³-hybridized carbons (Fsp3) is 0.136. The van der Waals surface area contributed by atoms with E-state index in [1.807, 2.05) is 30.3 Å². The number of hydrogen-bond acceptors (Lipinski definition) is 7. The lowest BCUT2D eigenvalue weighted by Crippen LogP contribution is -2.41. The Labute approximate surface area is 180 Å². The normalized spacial score (nSPS) is 18.7. The predicted molar refractivity (Wildman–Crippen MR) is 117 cm³/mol. The zero-order chi connectivity index (χ0) is 22.2. The first-order valence-electron chi connectivity index (χ1n) is 9.35. The van der Waals surface area contributed by atoms with Crippen LogP contribution in [0.5, 0.6) is 5.75 Å². The Hall–Kier alpha value is -3.72. The van der Waals surface area contributed by atoms with Gasteiger partial charge in [-0.3, -0.25) is 14.7 Å². The van der Waals surface area contributed by atoms with Crippen LogP contribution in [0.3, 0.4) is 0 Å². The van der Waals surface area contributed by atoms with E-state index >= 15 is 0 Å². The molecule has 0 aliphatic carbocycles. The Morgan fingerprint density at radius 2 is 1.68 bits per heavy atom. The molecule has 158 valence electrons. The average Bonchev–Trinajstić information content (AvgIpc) is 2.98. The third kappa shape index (κ3) is 3.75. The van der Waals surface area contributed by atoms with Crippen molar-refractivity contribution in [1.82, 2.24) is 9.88 Å². The van der Waals surface area contributed by atoms with E-state index in [0.29, 0.717) is 11.1 Å². The van der Waals surface area contributed by atoms with E-state index in [9.17, 15) is 13.2 Å². The van der Waals surface area contributed by atoms with E-state index in [-0.39, 0.29) is 17.6 Å². The van der Waals surface area contributed by atoms with Crippen molar-refractivity contribution in [2.24, 2.45) is 10.7 Å². The van der Waals surface area contributed by atoms with Gasteiger partial charge in [-0.15, -0.1) is 0 Å². The van der Waals surface area contributed by atoms with Gasteiger partial charge in [0, 0.05) is 19.4 Å². The van der Waals surface area contributed by atoms with E-state index in [0.717, 1.165) is 17.4 Å². The maximum absolute atomic E-state index is 13.4. The monoisotopic (exact) mass is 436 g/mol. The fourth-order valence-electron chi connectivity index (χ4n) is 3.59. The standard InChI is InChI=1S/C22H20N4O4S/c1-26-20(27)22(25-21(26)23,18-9-4-10-19(13-18)30-31(2,28)29)17-8-3-6-15(12-17)16-7-5-11-24-14-16/h3-14H,1-2H3,(H2,23,25).